The van der Waals surface area contributed by atoms with E-state index in [1.165, 1.54) is 27.5 Å². The number of aliphatic imine (C=N–C) groups is 1. The van der Waals surface area contributed by atoms with E-state index in [0.29, 0.717) is 5.92 Å². The van der Waals surface area contributed by atoms with Crippen LogP contribution in [0.4, 0.5) is 0 Å². The lowest BCUT2D eigenvalue weighted by atomic mass is 9.78. The molecular formula is C23H17N. The molecule has 5 rings (SSSR count). The molecule has 1 heterocycles. The molecule has 1 aliphatic carbocycles. The Morgan fingerprint density at radius 1 is 0.708 bits per heavy atom. The van der Waals surface area contributed by atoms with Crippen LogP contribution in [-0.4, -0.2) is 11.8 Å². The zero-order chi connectivity index (χ0) is 15.9. The average Bonchev–Trinajstić information content (AvgIpc) is 2.67. The van der Waals surface area contributed by atoms with Crippen LogP contribution in [0.25, 0.3) is 10.8 Å². The van der Waals surface area contributed by atoms with E-state index in [9.17, 15) is 0 Å². The summed E-state index contributed by atoms with van der Waals surface area (Å²) >= 11 is 0. The monoisotopic (exact) mass is 307 g/mol. The molecule has 1 heteroatoms. The van der Waals surface area contributed by atoms with Gasteiger partial charge in [-0.05, 0) is 16.3 Å². The van der Waals surface area contributed by atoms with Gasteiger partial charge in [0.2, 0.25) is 0 Å². The molecule has 0 saturated heterocycles. The van der Waals surface area contributed by atoms with Crippen LogP contribution in [-0.2, 0) is 0 Å². The van der Waals surface area contributed by atoms with Crippen LogP contribution < -0.4 is 0 Å². The van der Waals surface area contributed by atoms with Gasteiger partial charge in [0.05, 0.1) is 11.8 Å². The molecule has 0 radical (unpaired) electrons. The standard InChI is InChI=1S/C23H17N/c1-2-9-17(10-3-1)23-20-15-14-16-8-4-5-11-18(16)22(20)19-12-6-7-13-21(19)24-23/h1-15,19,21H. The van der Waals surface area contributed by atoms with Gasteiger partial charge in [0.15, 0.2) is 0 Å². The van der Waals surface area contributed by atoms with Gasteiger partial charge in [-0.2, -0.15) is 0 Å². The molecular weight excluding hydrogens is 290 g/mol. The quantitative estimate of drug-likeness (QED) is 0.581. The first-order valence-electron chi connectivity index (χ1n) is 8.42. The third-order valence-corrected chi connectivity index (χ3v) is 4.99. The summed E-state index contributed by atoms with van der Waals surface area (Å²) in [5.74, 6) is 0.323. The van der Waals surface area contributed by atoms with Crippen molar-refractivity contribution in [1.82, 2.24) is 0 Å². The third kappa shape index (κ3) is 1.98. The minimum atomic E-state index is 0.184. The molecule has 2 atom stereocenters. The maximum Gasteiger partial charge on any atom is 0.0794 e. The molecule has 0 amide bonds. The Labute approximate surface area is 141 Å². The largest absolute Gasteiger partial charge is 0.276 e. The number of benzene rings is 3. The van der Waals surface area contributed by atoms with E-state index < -0.39 is 0 Å². The highest BCUT2D eigenvalue weighted by molar-refractivity contribution is 6.16. The fourth-order valence-corrected chi connectivity index (χ4v) is 3.89. The van der Waals surface area contributed by atoms with E-state index in [4.69, 9.17) is 4.99 Å². The van der Waals surface area contributed by atoms with Crippen LogP contribution in [0.3, 0.4) is 0 Å². The zero-order valence-corrected chi connectivity index (χ0v) is 13.3. The SMILES string of the molecule is C1=CC2N=C(c3ccccc3)c3ccc4ccccc4c3C2C=C1. The van der Waals surface area contributed by atoms with Crippen molar-refractivity contribution in [1.29, 1.82) is 0 Å². The van der Waals surface area contributed by atoms with Gasteiger partial charge in [-0.25, -0.2) is 0 Å². The second-order valence-electron chi connectivity index (χ2n) is 6.38. The average molecular weight is 307 g/mol. The molecule has 1 aliphatic heterocycles. The van der Waals surface area contributed by atoms with E-state index in [0.717, 1.165) is 5.71 Å². The van der Waals surface area contributed by atoms with Gasteiger partial charge in [0.25, 0.3) is 0 Å². The van der Waals surface area contributed by atoms with Crippen molar-refractivity contribution in [2.75, 3.05) is 0 Å². The first kappa shape index (κ1) is 13.5. The maximum atomic E-state index is 5.10. The summed E-state index contributed by atoms with van der Waals surface area (Å²) in [5, 5.41) is 2.64. The Hall–Kier alpha value is -2.93. The molecule has 0 aromatic heterocycles. The van der Waals surface area contributed by atoms with Crippen LogP contribution in [0.2, 0.25) is 0 Å². The van der Waals surface area contributed by atoms with Crippen molar-refractivity contribution in [2.24, 2.45) is 4.99 Å². The number of hydrogen-bond donors (Lipinski definition) is 0. The van der Waals surface area contributed by atoms with Crippen LogP contribution >= 0.6 is 0 Å². The van der Waals surface area contributed by atoms with Gasteiger partial charge in [0.1, 0.15) is 0 Å². The highest BCUT2D eigenvalue weighted by Gasteiger charge is 2.30. The number of allylic oxidation sites excluding steroid dienone is 2. The summed E-state index contributed by atoms with van der Waals surface area (Å²) in [7, 11) is 0. The molecule has 2 unspecified atom stereocenters. The van der Waals surface area contributed by atoms with E-state index in [-0.39, 0.29) is 6.04 Å². The summed E-state index contributed by atoms with van der Waals surface area (Å²) in [6, 6.07) is 23.9. The fraction of sp³-hybridized carbons (Fsp3) is 0.0870. The molecule has 0 bridgehead atoms. The summed E-state index contributed by atoms with van der Waals surface area (Å²) in [6.07, 6.45) is 8.78. The van der Waals surface area contributed by atoms with Gasteiger partial charge < -0.3 is 0 Å². The molecule has 3 aromatic carbocycles. The summed E-state index contributed by atoms with van der Waals surface area (Å²) in [5.41, 5.74) is 4.97. The van der Waals surface area contributed by atoms with E-state index in [1.54, 1.807) is 0 Å². The van der Waals surface area contributed by atoms with Crippen molar-refractivity contribution in [3.63, 3.8) is 0 Å². The summed E-state index contributed by atoms with van der Waals surface area (Å²) < 4.78 is 0. The lowest BCUT2D eigenvalue weighted by Crippen LogP contribution is -2.25. The summed E-state index contributed by atoms with van der Waals surface area (Å²) in [4.78, 5) is 5.10. The predicted octanol–water partition coefficient (Wildman–Crippen LogP) is 5.27. The second-order valence-corrected chi connectivity index (χ2v) is 6.38. The van der Waals surface area contributed by atoms with Gasteiger partial charge in [-0.15, -0.1) is 0 Å². The van der Waals surface area contributed by atoms with Gasteiger partial charge in [-0.3, -0.25) is 4.99 Å². The predicted molar refractivity (Wildman–Crippen MR) is 101 cm³/mol. The number of hydrogen-bond acceptors (Lipinski definition) is 1. The van der Waals surface area contributed by atoms with E-state index >= 15 is 0 Å². The van der Waals surface area contributed by atoms with E-state index in [1.807, 2.05) is 0 Å². The minimum absolute atomic E-state index is 0.184. The van der Waals surface area contributed by atoms with Crippen molar-refractivity contribution >= 4 is 16.5 Å². The first-order chi connectivity index (χ1) is 11.9. The van der Waals surface area contributed by atoms with E-state index in [2.05, 4.69) is 91.0 Å². The summed E-state index contributed by atoms with van der Waals surface area (Å²) in [6.45, 7) is 0. The normalized spacial score (nSPS) is 21.2. The lowest BCUT2D eigenvalue weighted by molar-refractivity contribution is 0.708. The topological polar surface area (TPSA) is 12.4 Å². The Morgan fingerprint density at radius 3 is 2.42 bits per heavy atom. The molecule has 24 heavy (non-hydrogen) atoms. The molecule has 0 N–H and O–H groups in total. The van der Waals surface area contributed by atoms with Gasteiger partial charge in [-0.1, -0.05) is 91.0 Å². The number of rotatable bonds is 1. The lowest BCUT2D eigenvalue weighted by Gasteiger charge is -2.31. The first-order valence-corrected chi connectivity index (χ1v) is 8.42. The second kappa shape index (κ2) is 5.31. The molecule has 1 nitrogen and oxygen atoms in total. The van der Waals surface area contributed by atoms with Crippen molar-refractivity contribution < 1.29 is 0 Å². The molecule has 3 aromatic rings. The Morgan fingerprint density at radius 2 is 1.50 bits per heavy atom. The Balaban J connectivity index is 1.84. The molecule has 2 aliphatic rings. The van der Waals surface area contributed by atoms with Crippen molar-refractivity contribution in [2.45, 2.75) is 12.0 Å². The highest BCUT2D eigenvalue weighted by Crippen LogP contribution is 2.39. The fourth-order valence-electron chi connectivity index (χ4n) is 3.89. The highest BCUT2D eigenvalue weighted by atomic mass is 14.8. The molecule has 114 valence electrons. The van der Waals surface area contributed by atoms with Crippen LogP contribution in [0.5, 0.6) is 0 Å². The van der Waals surface area contributed by atoms with Gasteiger partial charge in [0, 0.05) is 17.0 Å². The van der Waals surface area contributed by atoms with Crippen LogP contribution in [0.1, 0.15) is 22.6 Å². The Bertz CT molecular complexity index is 1010. The Kier molecular flexibility index (Phi) is 2.99. The number of fused-ring (bicyclic) bond motifs is 5. The molecule has 0 fully saturated rings. The van der Waals surface area contributed by atoms with Crippen LogP contribution in [0.15, 0.2) is 96.0 Å². The maximum absolute atomic E-state index is 5.10. The number of nitrogens with zero attached hydrogens (tertiary/aromatic N) is 1. The van der Waals surface area contributed by atoms with Crippen molar-refractivity contribution in [3.05, 3.63) is 108 Å². The molecule has 0 spiro atoms. The minimum Gasteiger partial charge on any atom is -0.276 e. The smallest absolute Gasteiger partial charge is 0.0794 e. The zero-order valence-electron chi connectivity index (χ0n) is 13.3. The van der Waals surface area contributed by atoms with Crippen LogP contribution in [0, 0.1) is 0 Å². The van der Waals surface area contributed by atoms with Gasteiger partial charge >= 0.3 is 0 Å². The van der Waals surface area contributed by atoms with Crippen molar-refractivity contribution in [3.8, 4) is 0 Å². The third-order valence-electron chi connectivity index (χ3n) is 4.99. The molecule has 0 saturated carbocycles.